The smallest absolute Gasteiger partial charge is 0.150 e. The van der Waals surface area contributed by atoms with Crippen LogP contribution in [0.3, 0.4) is 0 Å². The average molecular weight is 328 g/mol. The molecule has 1 saturated heterocycles. The zero-order valence-corrected chi connectivity index (χ0v) is 13.8. The van der Waals surface area contributed by atoms with Crippen LogP contribution in [-0.2, 0) is 13.0 Å². The van der Waals surface area contributed by atoms with Crippen LogP contribution >= 0.6 is 0 Å². The number of imidazole rings is 1. The summed E-state index contributed by atoms with van der Waals surface area (Å²) in [6.07, 6.45) is 4.25. The Labute approximate surface area is 139 Å². The number of fused-ring (bicyclic) bond motifs is 1. The van der Waals surface area contributed by atoms with Crippen molar-refractivity contribution in [3.8, 4) is 0 Å². The first-order valence-electron chi connectivity index (χ1n) is 8.56. The van der Waals surface area contributed by atoms with Crippen LogP contribution in [0.5, 0.6) is 0 Å². The SMILES string of the molecule is CCc1cc(CN2CCCCC2c2nc3ccc(F)cc3[nH]2)on1. The van der Waals surface area contributed by atoms with Gasteiger partial charge in [-0.2, -0.15) is 0 Å². The summed E-state index contributed by atoms with van der Waals surface area (Å²) in [5.41, 5.74) is 2.55. The van der Waals surface area contributed by atoms with Crippen molar-refractivity contribution >= 4 is 11.0 Å². The van der Waals surface area contributed by atoms with E-state index in [4.69, 9.17) is 4.52 Å². The predicted octanol–water partition coefficient (Wildman–Crippen LogP) is 3.98. The Morgan fingerprint density at radius 1 is 1.33 bits per heavy atom. The molecular weight excluding hydrogens is 307 g/mol. The summed E-state index contributed by atoms with van der Waals surface area (Å²) in [6, 6.07) is 6.90. The quantitative estimate of drug-likeness (QED) is 0.787. The van der Waals surface area contributed by atoms with Gasteiger partial charge in [-0.3, -0.25) is 4.90 Å². The number of aromatic nitrogens is 3. The van der Waals surface area contributed by atoms with Crippen molar-refractivity contribution in [3.05, 3.63) is 47.4 Å². The van der Waals surface area contributed by atoms with Gasteiger partial charge < -0.3 is 9.51 Å². The molecule has 5 nitrogen and oxygen atoms in total. The van der Waals surface area contributed by atoms with Gasteiger partial charge in [0.1, 0.15) is 11.6 Å². The van der Waals surface area contributed by atoms with Crippen LogP contribution in [0.4, 0.5) is 4.39 Å². The van der Waals surface area contributed by atoms with Crippen molar-refractivity contribution in [2.24, 2.45) is 0 Å². The molecule has 0 spiro atoms. The summed E-state index contributed by atoms with van der Waals surface area (Å²) in [5, 5.41) is 4.08. The van der Waals surface area contributed by atoms with Crippen LogP contribution in [0.1, 0.15) is 49.5 Å². The lowest BCUT2D eigenvalue weighted by molar-refractivity contribution is 0.121. The van der Waals surface area contributed by atoms with E-state index in [1.54, 1.807) is 6.07 Å². The molecule has 2 aromatic heterocycles. The number of hydrogen-bond acceptors (Lipinski definition) is 4. The summed E-state index contributed by atoms with van der Waals surface area (Å²) < 4.78 is 18.9. The number of benzene rings is 1. The van der Waals surface area contributed by atoms with Gasteiger partial charge in [-0.15, -0.1) is 0 Å². The number of nitrogens with one attached hydrogen (secondary N) is 1. The monoisotopic (exact) mass is 328 g/mol. The van der Waals surface area contributed by atoms with Crippen molar-refractivity contribution in [1.82, 2.24) is 20.0 Å². The Kier molecular flexibility index (Phi) is 4.06. The average Bonchev–Trinajstić information content (AvgIpc) is 3.21. The van der Waals surface area contributed by atoms with Crippen LogP contribution in [-0.4, -0.2) is 26.6 Å². The van der Waals surface area contributed by atoms with E-state index in [2.05, 4.69) is 26.9 Å². The number of hydrogen-bond donors (Lipinski definition) is 1. The van der Waals surface area contributed by atoms with Crippen molar-refractivity contribution in [3.63, 3.8) is 0 Å². The number of H-pyrrole nitrogens is 1. The molecule has 1 N–H and O–H groups in total. The molecule has 3 heterocycles. The van der Waals surface area contributed by atoms with Crippen LogP contribution in [0.2, 0.25) is 0 Å². The van der Waals surface area contributed by atoms with Crippen molar-refractivity contribution in [1.29, 1.82) is 0 Å². The molecule has 3 aromatic rings. The van der Waals surface area contributed by atoms with E-state index in [0.29, 0.717) is 0 Å². The lowest BCUT2D eigenvalue weighted by Gasteiger charge is -2.33. The standard InChI is InChI=1S/C18H21FN4O/c1-2-13-10-14(24-22-13)11-23-8-4-3-5-17(23)18-20-15-7-6-12(19)9-16(15)21-18/h6-7,9-10,17H,2-5,8,11H2,1H3,(H,20,21). The molecular formula is C18H21FN4O. The number of piperidine rings is 1. The maximum Gasteiger partial charge on any atom is 0.150 e. The molecule has 0 amide bonds. The first kappa shape index (κ1) is 15.3. The minimum absolute atomic E-state index is 0.199. The molecule has 1 aliphatic rings. The third kappa shape index (κ3) is 2.94. The summed E-state index contributed by atoms with van der Waals surface area (Å²) in [5.74, 6) is 1.55. The van der Waals surface area contributed by atoms with Gasteiger partial charge in [0.25, 0.3) is 0 Å². The Hall–Kier alpha value is -2.21. The number of likely N-dealkylation sites (tertiary alicyclic amines) is 1. The van der Waals surface area contributed by atoms with Crippen molar-refractivity contribution in [2.75, 3.05) is 6.54 Å². The van der Waals surface area contributed by atoms with Gasteiger partial charge in [0.2, 0.25) is 0 Å². The highest BCUT2D eigenvalue weighted by Crippen LogP contribution is 2.32. The number of rotatable bonds is 4. The zero-order valence-electron chi connectivity index (χ0n) is 13.8. The second kappa shape index (κ2) is 6.36. The van der Waals surface area contributed by atoms with Crippen LogP contribution in [0.15, 0.2) is 28.8 Å². The Morgan fingerprint density at radius 2 is 2.25 bits per heavy atom. The molecule has 4 rings (SSSR count). The van der Waals surface area contributed by atoms with E-state index in [9.17, 15) is 4.39 Å². The second-order valence-electron chi connectivity index (χ2n) is 6.40. The highest BCUT2D eigenvalue weighted by molar-refractivity contribution is 5.75. The first-order valence-corrected chi connectivity index (χ1v) is 8.56. The van der Waals surface area contributed by atoms with Crippen molar-refractivity contribution < 1.29 is 8.91 Å². The van der Waals surface area contributed by atoms with Crippen LogP contribution < -0.4 is 0 Å². The number of halogens is 1. The summed E-state index contributed by atoms with van der Waals surface area (Å²) in [6.45, 7) is 3.79. The minimum Gasteiger partial charge on any atom is -0.360 e. The van der Waals surface area contributed by atoms with Gasteiger partial charge in [-0.1, -0.05) is 18.5 Å². The maximum atomic E-state index is 13.4. The Bertz CT molecular complexity index is 841. The molecule has 0 radical (unpaired) electrons. The third-order valence-corrected chi connectivity index (χ3v) is 4.72. The fraction of sp³-hybridized carbons (Fsp3) is 0.444. The maximum absolute atomic E-state index is 13.4. The molecule has 126 valence electrons. The second-order valence-corrected chi connectivity index (χ2v) is 6.40. The normalized spacial score (nSPS) is 19.2. The number of aryl methyl sites for hydroxylation is 1. The summed E-state index contributed by atoms with van der Waals surface area (Å²) in [4.78, 5) is 10.4. The molecule has 1 fully saturated rings. The molecule has 0 saturated carbocycles. The highest BCUT2D eigenvalue weighted by Gasteiger charge is 2.27. The van der Waals surface area contributed by atoms with Gasteiger partial charge in [0, 0.05) is 6.07 Å². The zero-order chi connectivity index (χ0) is 16.5. The largest absolute Gasteiger partial charge is 0.360 e. The molecule has 1 aromatic carbocycles. The topological polar surface area (TPSA) is 58.0 Å². The molecule has 0 bridgehead atoms. The fourth-order valence-corrected chi connectivity index (χ4v) is 3.45. The molecule has 1 aliphatic heterocycles. The molecule has 6 heteroatoms. The fourth-order valence-electron chi connectivity index (χ4n) is 3.45. The lowest BCUT2D eigenvalue weighted by Crippen LogP contribution is -2.33. The van der Waals surface area contributed by atoms with Gasteiger partial charge in [0.05, 0.1) is 29.3 Å². The van der Waals surface area contributed by atoms with Gasteiger partial charge in [0.15, 0.2) is 5.76 Å². The first-order chi connectivity index (χ1) is 11.7. The highest BCUT2D eigenvalue weighted by atomic mass is 19.1. The van der Waals surface area contributed by atoms with E-state index >= 15 is 0 Å². The lowest BCUT2D eigenvalue weighted by atomic mass is 10.0. The van der Waals surface area contributed by atoms with Crippen LogP contribution in [0.25, 0.3) is 11.0 Å². The third-order valence-electron chi connectivity index (χ3n) is 4.72. The van der Waals surface area contributed by atoms with E-state index in [-0.39, 0.29) is 11.9 Å². The van der Waals surface area contributed by atoms with E-state index in [0.717, 1.165) is 54.2 Å². The molecule has 1 atom stereocenters. The summed E-state index contributed by atoms with van der Waals surface area (Å²) in [7, 11) is 0. The van der Waals surface area contributed by atoms with Gasteiger partial charge in [-0.05, 0) is 44.0 Å². The van der Waals surface area contributed by atoms with Crippen molar-refractivity contribution in [2.45, 2.75) is 45.2 Å². The van der Waals surface area contributed by atoms with E-state index in [1.807, 2.05) is 6.07 Å². The number of aromatic amines is 1. The van der Waals surface area contributed by atoms with E-state index < -0.39 is 0 Å². The van der Waals surface area contributed by atoms with Gasteiger partial charge >= 0.3 is 0 Å². The molecule has 1 unspecified atom stereocenters. The Morgan fingerprint density at radius 3 is 3.08 bits per heavy atom. The molecule has 24 heavy (non-hydrogen) atoms. The summed E-state index contributed by atoms with van der Waals surface area (Å²) >= 11 is 0. The predicted molar refractivity (Wildman–Crippen MR) is 88.9 cm³/mol. The Balaban J connectivity index is 1.60. The number of nitrogens with zero attached hydrogens (tertiary/aromatic N) is 3. The van der Waals surface area contributed by atoms with Crippen LogP contribution in [0, 0.1) is 5.82 Å². The minimum atomic E-state index is -0.244. The molecule has 0 aliphatic carbocycles. The van der Waals surface area contributed by atoms with Gasteiger partial charge in [-0.25, -0.2) is 9.37 Å². The van der Waals surface area contributed by atoms with E-state index in [1.165, 1.54) is 25.0 Å².